The van der Waals surface area contributed by atoms with Crippen molar-refractivity contribution in [2.45, 2.75) is 53.4 Å². The van der Waals surface area contributed by atoms with Crippen molar-refractivity contribution in [2.75, 3.05) is 0 Å². The van der Waals surface area contributed by atoms with Crippen LogP contribution in [0.15, 0.2) is 278 Å². The van der Waals surface area contributed by atoms with Crippen LogP contribution in [0.3, 0.4) is 0 Å². The Kier molecular flexibility index (Phi) is 20.5. The zero-order valence-corrected chi connectivity index (χ0v) is 56.9. The van der Waals surface area contributed by atoms with Gasteiger partial charge in [-0.1, -0.05) is 0 Å². The molecule has 0 nitrogen and oxygen atoms in total. The molecule has 82 heavy (non-hydrogen) atoms. The Morgan fingerprint density at radius 2 is 0.451 bits per heavy atom. The van der Waals surface area contributed by atoms with Crippen molar-refractivity contribution in [1.82, 2.24) is 0 Å². The summed E-state index contributed by atoms with van der Waals surface area (Å²) in [7, 11) is 0. The number of hydrogen-bond donors (Lipinski definition) is 0. The van der Waals surface area contributed by atoms with Crippen molar-refractivity contribution in [1.29, 1.82) is 0 Å². The molecule has 0 bridgehead atoms. The van der Waals surface area contributed by atoms with Crippen LogP contribution in [0.5, 0.6) is 0 Å². The minimum atomic E-state index is -2.93. The summed E-state index contributed by atoms with van der Waals surface area (Å²) in [5.74, 6) is -0.643. The zero-order chi connectivity index (χ0) is 55.3. The van der Waals surface area contributed by atoms with Crippen molar-refractivity contribution in [3.05, 3.63) is 324 Å². The number of rotatable bonds is 12. The minimum absolute atomic E-state index is 0. The first-order valence-corrected chi connectivity index (χ1v) is 48.3. The van der Waals surface area contributed by atoms with E-state index in [1.165, 1.54) is 43.0 Å². The quantitative estimate of drug-likeness (QED) is 0.0845. The SMILES string of the molecule is CC1=[C]([Hf]([C]2=C(C)C=C(c3ccccc3F)C2)=[Si](c2ccccc2)c2ccccc2)CC(c2ccccc2F)=C1.CC1=[C]([Hf]([C]2=C(C)C=C(c3ccccc3F)C2)=[Si](c2ccccc2)c2ccccc2)CC(c2ccccc2F)=C1.[Cl-].[Cl-]. The monoisotopic (exact) mass is 1490 g/mol. The zero-order valence-electron chi connectivity index (χ0n) is 46.2. The molecule has 8 aromatic rings. The Morgan fingerprint density at radius 3 is 0.646 bits per heavy atom. The van der Waals surface area contributed by atoms with Crippen LogP contribution >= 0.6 is 0 Å². The summed E-state index contributed by atoms with van der Waals surface area (Å²) in [5.41, 5.74) is 10.0. The van der Waals surface area contributed by atoms with Crippen molar-refractivity contribution in [3.8, 4) is 0 Å². The van der Waals surface area contributed by atoms with E-state index < -0.39 is 51.1 Å². The smallest absolute Gasteiger partial charge is 1.00 e. The molecule has 12 rings (SSSR count). The third kappa shape index (κ3) is 13.1. The summed E-state index contributed by atoms with van der Waals surface area (Å²) in [6.07, 6.45) is 12.1. The van der Waals surface area contributed by atoms with E-state index >= 15 is 0 Å². The molecule has 4 aliphatic carbocycles. The van der Waals surface area contributed by atoms with E-state index in [0.29, 0.717) is 22.3 Å². The fourth-order valence-electron chi connectivity index (χ4n) is 11.9. The van der Waals surface area contributed by atoms with Gasteiger partial charge in [0.2, 0.25) is 0 Å². The van der Waals surface area contributed by atoms with E-state index in [1.54, 1.807) is 61.8 Å². The van der Waals surface area contributed by atoms with Gasteiger partial charge in [0.05, 0.1) is 0 Å². The van der Waals surface area contributed by atoms with Crippen molar-refractivity contribution in [3.63, 3.8) is 0 Å². The standard InChI is InChI=1S/4C12H10F.2C12H10Si.2ClH.2Hf/c4*1-9-6-7-10(8-9)11-4-2-3-5-12(11)13;2*1-3-7-11(8-4-1)13-12-9-5-2-6-10-12;;;;/h4*2-5,8H,7H2,1H3;2*1-10H;2*1H;;/p-2. The van der Waals surface area contributed by atoms with Crippen LogP contribution in [0.4, 0.5) is 17.6 Å². The molecule has 0 aliphatic heterocycles. The van der Waals surface area contributed by atoms with Crippen molar-refractivity contribution >= 4 is 54.0 Å². The molecule has 0 aromatic heterocycles. The molecule has 0 saturated heterocycles. The molecule has 0 radical (unpaired) electrons. The molecular formula is C72H60Cl2F4Hf2Si2-2. The first-order chi connectivity index (χ1) is 39.0. The van der Waals surface area contributed by atoms with Crippen LogP contribution in [0.25, 0.3) is 22.3 Å². The van der Waals surface area contributed by atoms with E-state index in [0.717, 1.165) is 48.0 Å². The summed E-state index contributed by atoms with van der Waals surface area (Å²) in [5, 5.41) is 5.72. The van der Waals surface area contributed by atoms with Gasteiger partial charge in [0.15, 0.2) is 0 Å². The van der Waals surface area contributed by atoms with E-state index in [9.17, 15) is 17.6 Å². The van der Waals surface area contributed by atoms with Gasteiger partial charge < -0.3 is 24.8 Å². The summed E-state index contributed by atoms with van der Waals surface area (Å²) in [6, 6.07) is 72.6. The normalized spacial score (nSPS) is 14.5. The number of halogens is 6. The Hall–Kier alpha value is -5.85. The predicted octanol–water partition coefficient (Wildman–Crippen LogP) is 10.4. The van der Waals surface area contributed by atoms with Crippen LogP contribution in [0.1, 0.15) is 75.6 Å². The van der Waals surface area contributed by atoms with E-state index in [1.807, 2.05) is 48.5 Å². The summed E-state index contributed by atoms with van der Waals surface area (Å²) < 4.78 is 66.0. The molecule has 408 valence electrons. The van der Waals surface area contributed by atoms with Gasteiger partial charge in [-0.3, -0.25) is 0 Å². The maximum Gasteiger partial charge on any atom is -1.00 e. The van der Waals surface area contributed by atoms with Gasteiger partial charge in [0, 0.05) is 0 Å². The van der Waals surface area contributed by atoms with Crippen molar-refractivity contribution in [2.24, 2.45) is 0 Å². The van der Waals surface area contributed by atoms with Crippen LogP contribution in [-0.2, 0) is 40.1 Å². The van der Waals surface area contributed by atoms with E-state index in [2.05, 4.69) is 173 Å². The summed E-state index contributed by atoms with van der Waals surface area (Å²) in [6.45, 7) is 8.89. The molecule has 0 spiro atoms. The van der Waals surface area contributed by atoms with Gasteiger partial charge in [-0.25, -0.2) is 0 Å². The first-order valence-electron chi connectivity index (χ1n) is 27.3. The Labute approximate surface area is 508 Å². The molecule has 0 N–H and O–H groups in total. The molecule has 8 aromatic carbocycles. The van der Waals surface area contributed by atoms with Crippen molar-refractivity contribution < 1.29 is 82.5 Å². The average Bonchev–Trinajstić information content (AvgIpc) is 4.28. The Bertz CT molecular complexity index is 3540. The van der Waals surface area contributed by atoms with Gasteiger partial charge in [-0.15, -0.1) is 0 Å². The maximum atomic E-state index is 14.9. The second kappa shape index (κ2) is 27.7. The maximum absolute atomic E-state index is 14.9. The third-order valence-electron chi connectivity index (χ3n) is 15.8. The van der Waals surface area contributed by atoms with Crippen LogP contribution in [-0.4, -0.2) is 11.0 Å². The summed E-state index contributed by atoms with van der Waals surface area (Å²) >= 11 is -5.87. The molecule has 0 amide bonds. The number of benzene rings is 8. The van der Waals surface area contributed by atoms with Gasteiger partial charge in [0.25, 0.3) is 0 Å². The molecule has 10 heteroatoms. The molecule has 0 atom stereocenters. The molecular weight excluding hydrogens is 1420 g/mol. The predicted molar refractivity (Wildman–Crippen MR) is 323 cm³/mol. The topological polar surface area (TPSA) is 0 Å². The van der Waals surface area contributed by atoms with Gasteiger partial charge in [0.1, 0.15) is 0 Å². The first kappa shape index (κ1) is 60.7. The van der Waals surface area contributed by atoms with Crippen LogP contribution < -0.4 is 45.6 Å². The average molecular weight is 1490 g/mol. The molecule has 0 saturated carbocycles. The minimum Gasteiger partial charge on any atom is -1.00 e. The van der Waals surface area contributed by atoms with E-state index in [-0.39, 0.29) is 48.1 Å². The van der Waals surface area contributed by atoms with Crippen LogP contribution in [0, 0.1) is 23.3 Å². The van der Waals surface area contributed by atoms with Gasteiger partial charge in [-0.2, -0.15) is 0 Å². The molecule has 4 aliphatic rings. The Morgan fingerprint density at radius 1 is 0.268 bits per heavy atom. The molecule has 0 fully saturated rings. The van der Waals surface area contributed by atoms with E-state index in [4.69, 9.17) is 0 Å². The Balaban J connectivity index is 0.000000193. The van der Waals surface area contributed by atoms with Gasteiger partial charge in [-0.05, 0) is 0 Å². The van der Waals surface area contributed by atoms with Crippen LogP contribution in [0.2, 0.25) is 0 Å². The molecule has 0 heterocycles. The fraction of sp³-hybridized carbons (Fsp3) is 0.111. The number of allylic oxidation sites excluding steroid dienone is 16. The number of hydrogen-bond acceptors (Lipinski definition) is 0. The van der Waals surface area contributed by atoms with Gasteiger partial charge >= 0.3 is 489 Å². The second-order valence-corrected chi connectivity index (χ2v) is 57.8. The largest absolute Gasteiger partial charge is 1.00 e. The summed E-state index contributed by atoms with van der Waals surface area (Å²) in [4.78, 5) is 0. The third-order valence-corrected chi connectivity index (χ3v) is 70.4. The fourth-order valence-corrected chi connectivity index (χ4v) is 73.7. The second-order valence-electron chi connectivity index (χ2n) is 20.9. The molecule has 0 unspecified atom stereocenters.